The van der Waals surface area contributed by atoms with Crippen molar-refractivity contribution < 1.29 is 4.79 Å². The second-order valence-corrected chi connectivity index (χ2v) is 7.51. The smallest absolute Gasteiger partial charge is 0.320 e. The lowest BCUT2D eigenvalue weighted by molar-refractivity contribution is 0.151. The van der Waals surface area contributed by atoms with Crippen LogP contribution in [0.15, 0.2) is 53.3 Å². The van der Waals surface area contributed by atoms with Gasteiger partial charge < -0.3 is 14.8 Å². The molecule has 0 aliphatic rings. The summed E-state index contributed by atoms with van der Waals surface area (Å²) in [6.07, 6.45) is 0. The van der Waals surface area contributed by atoms with Crippen LogP contribution in [0, 0.1) is 13.8 Å². The van der Waals surface area contributed by atoms with Crippen molar-refractivity contribution >= 4 is 16.9 Å². The molecule has 0 fully saturated rings. The van der Waals surface area contributed by atoms with Gasteiger partial charge in [0.15, 0.2) is 0 Å². The van der Waals surface area contributed by atoms with E-state index in [1.165, 1.54) is 5.56 Å². The average Bonchev–Trinajstić information content (AvgIpc) is 2.70. The molecule has 0 spiro atoms. The summed E-state index contributed by atoms with van der Waals surface area (Å²) in [6, 6.07) is 15.9. The molecule has 1 N–H and O–H groups in total. The van der Waals surface area contributed by atoms with Crippen molar-refractivity contribution in [3.63, 3.8) is 0 Å². The van der Waals surface area contributed by atoms with Gasteiger partial charge in [0.1, 0.15) is 0 Å². The van der Waals surface area contributed by atoms with Gasteiger partial charge in [0, 0.05) is 30.7 Å². The first-order valence-corrected chi connectivity index (χ1v) is 10.1. The standard InChI is InChI=1S/C24H29N3O2/c1-5-26(6-2)24(29)27(15-19-10-7-17(3)8-11-19)16-21-14-20-13-18(4)9-12-22(20)25-23(21)28/h7-14H,5-6,15-16H2,1-4H3,(H,25,28). The number of benzene rings is 2. The Morgan fingerprint density at radius 2 is 1.52 bits per heavy atom. The number of H-pyrrole nitrogens is 1. The Labute approximate surface area is 172 Å². The van der Waals surface area contributed by atoms with Gasteiger partial charge in [0.2, 0.25) is 0 Å². The van der Waals surface area contributed by atoms with Crippen LogP contribution in [0.4, 0.5) is 4.79 Å². The molecule has 0 bridgehead atoms. The number of hydrogen-bond acceptors (Lipinski definition) is 2. The summed E-state index contributed by atoms with van der Waals surface area (Å²) in [5.41, 5.74) is 4.61. The molecule has 3 rings (SSSR count). The number of aromatic amines is 1. The van der Waals surface area contributed by atoms with E-state index < -0.39 is 0 Å². The van der Waals surface area contributed by atoms with E-state index in [4.69, 9.17) is 0 Å². The van der Waals surface area contributed by atoms with Gasteiger partial charge in [-0.25, -0.2) is 4.79 Å². The predicted molar refractivity (Wildman–Crippen MR) is 118 cm³/mol. The van der Waals surface area contributed by atoms with E-state index in [0.29, 0.717) is 25.2 Å². The molecule has 0 saturated heterocycles. The Morgan fingerprint density at radius 1 is 0.862 bits per heavy atom. The van der Waals surface area contributed by atoms with E-state index in [-0.39, 0.29) is 18.1 Å². The van der Waals surface area contributed by atoms with Crippen molar-refractivity contribution in [1.82, 2.24) is 14.8 Å². The third kappa shape index (κ3) is 4.86. The van der Waals surface area contributed by atoms with E-state index in [1.807, 2.05) is 76.2 Å². The van der Waals surface area contributed by atoms with E-state index >= 15 is 0 Å². The number of rotatable bonds is 6. The number of nitrogens with one attached hydrogen (secondary N) is 1. The zero-order valence-electron chi connectivity index (χ0n) is 17.7. The Bertz CT molecular complexity index is 1050. The molecule has 0 radical (unpaired) electrons. The van der Waals surface area contributed by atoms with Gasteiger partial charge in [0.25, 0.3) is 5.56 Å². The number of pyridine rings is 1. The minimum absolute atomic E-state index is 0.0562. The van der Waals surface area contributed by atoms with Crippen LogP contribution in [0.1, 0.15) is 36.1 Å². The lowest BCUT2D eigenvalue weighted by atomic mass is 10.1. The summed E-state index contributed by atoms with van der Waals surface area (Å²) < 4.78 is 0. The van der Waals surface area contributed by atoms with Gasteiger partial charge in [0.05, 0.1) is 6.54 Å². The maximum Gasteiger partial charge on any atom is 0.320 e. The average molecular weight is 392 g/mol. The molecule has 0 saturated carbocycles. The lowest BCUT2D eigenvalue weighted by Gasteiger charge is -2.29. The molecule has 0 atom stereocenters. The molecule has 29 heavy (non-hydrogen) atoms. The van der Waals surface area contributed by atoms with Crippen molar-refractivity contribution in [2.75, 3.05) is 13.1 Å². The van der Waals surface area contributed by atoms with E-state index in [1.54, 1.807) is 9.80 Å². The Morgan fingerprint density at radius 3 is 2.17 bits per heavy atom. The van der Waals surface area contributed by atoms with Gasteiger partial charge in [-0.3, -0.25) is 4.79 Å². The minimum Gasteiger partial charge on any atom is -0.325 e. The minimum atomic E-state index is -0.150. The maximum absolute atomic E-state index is 13.1. The van der Waals surface area contributed by atoms with Crippen LogP contribution in [0.2, 0.25) is 0 Å². The van der Waals surface area contributed by atoms with E-state index in [0.717, 1.165) is 22.0 Å². The number of fused-ring (bicyclic) bond motifs is 1. The molecular weight excluding hydrogens is 362 g/mol. The third-order valence-corrected chi connectivity index (χ3v) is 5.24. The second kappa shape index (κ2) is 8.95. The van der Waals surface area contributed by atoms with Gasteiger partial charge in [-0.1, -0.05) is 41.5 Å². The summed E-state index contributed by atoms with van der Waals surface area (Å²) in [5, 5.41) is 0.977. The normalized spacial score (nSPS) is 10.9. The first-order chi connectivity index (χ1) is 13.9. The highest BCUT2D eigenvalue weighted by atomic mass is 16.2. The number of carbonyl (C=O) groups excluding carboxylic acids is 1. The summed E-state index contributed by atoms with van der Waals surface area (Å²) in [7, 11) is 0. The monoisotopic (exact) mass is 391 g/mol. The molecule has 1 aromatic heterocycles. The number of urea groups is 1. The fourth-order valence-electron chi connectivity index (χ4n) is 3.49. The molecule has 0 unspecified atom stereocenters. The maximum atomic E-state index is 13.1. The molecule has 5 nitrogen and oxygen atoms in total. The Kier molecular flexibility index (Phi) is 6.37. The SMILES string of the molecule is CCN(CC)C(=O)N(Cc1ccc(C)cc1)Cc1cc2cc(C)ccc2[nH]c1=O. The number of nitrogens with zero attached hydrogens (tertiary/aromatic N) is 2. The summed E-state index contributed by atoms with van der Waals surface area (Å²) >= 11 is 0. The summed E-state index contributed by atoms with van der Waals surface area (Å²) in [5.74, 6) is 0. The second-order valence-electron chi connectivity index (χ2n) is 7.51. The van der Waals surface area contributed by atoms with Crippen LogP contribution < -0.4 is 5.56 Å². The Hall–Kier alpha value is -3.08. The van der Waals surface area contributed by atoms with Crippen LogP contribution in [-0.4, -0.2) is 33.9 Å². The number of aryl methyl sites for hydroxylation is 2. The topological polar surface area (TPSA) is 56.4 Å². The molecule has 152 valence electrons. The zero-order valence-corrected chi connectivity index (χ0v) is 17.7. The fraction of sp³-hybridized carbons (Fsp3) is 0.333. The van der Waals surface area contributed by atoms with Crippen LogP contribution in [0.3, 0.4) is 0 Å². The molecule has 1 heterocycles. The van der Waals surface area contributed by atoms with Crippen molar-refractivity contribution in [2.24, 2.45) is 0 Å². The van der Waals surface area contributed by atoms with Crippen LogP contribution in [0.25, 0.3) is 10.9 Å². The molecule has 5 heteroatoms. The van der Waals surface area contributed by atoms with Gasteiger partial charge in [-0.2, -0.15) is 0 Å². The van der Waals surface area contributed by atoms with Crippen molar-refractivity contribution in [3.8, 4) is 0 Å². The number of amides is 2. The van der Waals surface area contributed by atoms with Crippen LogP contribution >= 0.6 is 0 Å². The van der Waals surface area contributed by atoms with Crippen molar-refractivity contribution in [2.45, 2.75) is 40.8 Å². The van der Waals surface area contributed by atoms with Crippen molar-refractivity contribution in [1.29, 1.82) is 0 Å². The fourth-order valence-corrected chi connectivity index (χ4v) is 3.49. The molecule has 2 amide bonds. The number of aromatic nitrogens is 1. The number of carbonyl (C=O) groups is 1. The van der Waals surface area contributed by atoms with E-state index in [2.05, 4.69) is 4.98 Å². The molecule has 3 aromatic rings. The third-order valence-electron chi connectivity index (χ3n) is 5.24. The summed E-state index contributed by atoms with van der Waals surface area (Å²) in [4.78, 5) is 32.3. The quantitative estimate of drug-likeness (QED) is 0.667. The molecule has 2 aromatic carbocycles. The highest BCUT2D eigenvalue weighted by molar-refractivity contribution is 5.80. The first-order valence-electron chi connectivity index (χ1n) is 10.1. The molecule has 0 aliphatic heterocycles. The lowest BCUT2D eigenvalue weighted by Crippen LogP contribution is -2.43. The van der Waals surface area contributed by atoms with Gasteiger partial charge >= 0.3 is 6.03 Å². The van der Waals surface area contributed by atoms with Gasteiger partial charge in [-0.15, -0.1) is 0 Å². The van der Waals surface area contributed by atoms with Crippen molar-refractivity contribution in [3.05, 3.63) is 81.1 Å². The van der Waals surface area contributed by atoms with Crippen LogP contribution in [-0.2, 0) is 13.1 Å². The predicted octanol–water partition coefficient (Wildman–Crippen LogP) is 4.61. The first kappa shape index (κ1) is 20.6. The van der Waals surface area contributed by atoms with Gasteiger partial charge in [-0.05, 0) is 56.8 Å². The highest BCUT2D eigenvalue weighted by Gasteiger charge is 2.20. The van der Waals surface area contributed by atoms with E-state index in [9.17, 15) is 9.59 Å². The number of hydrogen-bond donors (Lipinski definition) is 1. The molecular formula is C24H29N3O2. The largest absolute Gasteiger partial charge is 0.325 e. The molecule has 0 aliphatic carbocycles. The highest BCUT2D eigenvalue weighted by Crippen LogP contribution is 2.16. The summed E-state index contributed by atoms with van der Waals surface area (Å²) in [6.45, 7) is 9.99. The zero-order chi connectivity index (χ0) is 21.0. The van der Waals surface area contributed by atoms with Crippen LogP contribution in [0.5, 0.6) is 0 Å². The Balaban J connectivity index is 1.96.